The number of amides is 1. The minimum atomic E-state index is -0.955. The molecule has 2 aromatic rings. The number of aryl methyl sites for hydroxylation is 1. The van der Waals surface area contributed by atoms with Crippen molar-refractivity contribution in [2.24, 2.45) is 5.92 Å². The lowest BCUT2D eigenvalue weighted by Crippen LogP contribution is -2.30. The Labute approximate surface area is 138 Å². The van der Waals surface area contributed by atoms with Crippen LogP contribution in [0.1, 0.15) is 28.0 Å². The quantitative estimate of drug-likeness (QED) is 0.861. The van der Waals surface area contributed by atoms with Crippen molar-refractivity contribution in [1.82, 2.24) is 9.88 Å². The monoisotopic (exact) mass is 334 g/mol. The van der Waals surface area contributed by atoms with Gasteiger partial charge in [-0.2, -0.15) is 0 Å². The van der Waals surface area contributed by atoms with E-state index in [-0.39, 0.29) is 17.4 Å². The summed E-state index contributed by atoms with van der Waals surface area (Å²) in [4.78, 5) is 17.4. The summed E-state index contributed by atoms with van der Waals surface area (Å²) in [5.41, 5.74) is 1.11. The Balaban J connectivity index is 1.66. The molecule has 0 radical (unpaired) electrons. The Bertz CT molecular complexity index is 779. The molecule has 0 spiro atoms. The van der Waals surface area contributed by atoms with Crippen molar-refractivity contribution in [3.05, 3.63) is 64.7 Å². The number of pyridine rings is 1. The predicted octanol–water partition coefficient (Wildman–Crippen LogP) is 3.51. The molecule has 24 heavy (non-hydrogen) atoms. The highest BCUT2D eigenvalue weighted by molar-refractivity contribution is 5.92. The molecule has 1 fully saturated rings. The van der Waals surface area contributed by atoms with E-state index in [1.807, 2.05) is 6.07 Å². The molecule has 1 saturated heterocycles. The molecule has 0 aliphatic carbocycles. The first kappa shape index (κ1) is 16.5. The minimum Gasteiger partial charge on any atom is -0.337 e. The van der Waals surface area contributed by atoms with Crippen LogP contribution in [0.2, 0.25) is 0 Å². The molecule has 126 valence electrons. The number of halogens is 3. The maximum atomic E-state index is 13.7. The molecule has 3 nitrogen and oxygen atoms in total. The van der Waals surface area contributed by atoms with Gasteiger partial charge in [-0.15, -0.1) is 0 Å². The van der Waals surface area contributed by atoms with Gasteiger partial charge in [-0.3, -0.25) is 4.79 Å². The molecule has 1 atom stereocenters. The topological polar surface area (TPSA) is 33.2 Å². The molecule has 1 aliphatic rings. The zero-order valence-corrected chi connectivity index (χ0v) is 13.2. The zero-order chi connectivity index (χ0) is 17.3. The van der Waals surface area contributed by atoms with Crippen molar-refractivity contribution in [2.75, 3.05) is 13.1 Å². The van der Waals surface area contributed by atoms with Gasteiger partial charge in [-0.1, -0.05) is 12.1 Å². The Morgan fingerprint density at radius 2 is 2.04 bits per heavy atom. The Kier molecular flexibility index (Phi) is 4.55. The molecular weight excluding hydrogens is 317 g/mol. The molecule has 1 unspecified atom stereocenters. The second kappa shape index (κ2) is 6.63. The van der Waals surface area contributed by atoms with E-state index in [1.54, 1.807) is 13.0 Å². The van der Waals surface area contributed by atoms with E-state index in [2.05, 4.69) is 4.98 Å². The molecule has 1 amide bonds. The summed E-state index contributed by atoms with van der Waals surface area (Å²) in [6.07, 6.45) is 2.24. The SMILES string of the molecule is Cc1ccc(CC2CCN(C(=O)c3ncc(F)cc3F)C2)cc1F. The number of carbonyl (C=O) groups excluding carboxylic acids is 1. The number of benzene rings is 1. The van der Waals surface area contributed by atoms with Crippen LogP contribution >= 0.6 is 0 Å². The normalized spacial score (nSPS) is 17.3. The first-order valence-electron chi connectivity index (χ1n) is 7.79. The van der Waals surface area contributed by atoms with Crippen molar-refractivity contribution in [2.45, 2.75) is 19.8 Å². The molecule has 0 bridgehead atoms. The third-order valence-corrected chi connectivity index (χ3v) is 4.34. The van der Waals surface area contributed by atoms with Crippen LogP contribution in [0.15, 0.2) is 30.5 Å². The fourth-order valence-corrected chi connectivity index (χ4v) is 3.00. The van der Waals surface area contributed by atoms with E-state index < -0.39 is 17.5 Å². The number of rotatable bonds is 3. The van der Waals surface area contributed by atoms with Gasteiger partial charge < -0.3 is 4.90 Å². The number of hydrogen-bond donors (Lipinski definition) is 0. The molecule has 1 aliphatic heterocycles. The van der Waals surface area contributed by atoms with E-state index >= 15 is 0 Å². The number of likely N-dealkylation sites (tertiary alicyclic amines) is 1. The van der Waals surface area contributed by atoms with Crippen LogP contribution in [0.4, 0.5) is 13.2 Å². The fraction of sp³-hybridized carbons (Fsp3) is 0.333. The predicted molar refractivity (Wildman–Crippen MR) is 83.0 cm³/mol. The van der Waals surface area contributed by atoms with Crippen LogP contribution in [0.25, 0.3) is 0 Å². The summed E-state index contributed by atoms with van der Waals surface area (Å²) < 4.78 is 40.2. The molecule has 0 N–H and O–H groups in total. The second-order valence-electron chi connectivity index (χ2n) is 6.18. The highest BCUT2D eigenvalue weighted by Crippen LogP contribution is 2.23. The Morgan fingerprint density at radius 3 is 2.75 bits per heavy atom. The summed E-state index contributed by atoms with van der Waals surface area (Å²) in [5, 5.41) is 0. The molecule has 0 saturated carbocycles. The highest BCUT2D eigenvalue weighted by atomic mass is 19.1. The molecule has 3 rings (SSSR count). The van der Waals surface area contributed by atoms with E-state index in [4.69, 9.17) is 0 Å². The van der Waals surface area contributed by atoms with Crippen molar-refractivity contribution >= 4 is 5.91 Å². The van der Waals surface area contributed by atoms with Crippen molar-refractivity contribution < 1.29 is 18.0 Å². The first-order chi connectivity index (χ1) is 11.4. The number of carbonyl (C=O) groups is 1. The van der Waals surface area contributed by atoms with Gasteiger partial charge in [0.2, 0.25) is 0 Å². The lowest BCUT2D eigenvalue weighted by atomic mass is 9.98. The van der Waals surface area contributed by atoms with Gasteiger partial charge in [-0.05, 0) is 42.9 Å². The third-order valence-electron chi connectivity index (χ3n) is 4.34. The summed E-state index contributed by atoms with van der Waals surface area (Å²) in [6, 6.07) is 5.79. The van der Waals surface area contributed by atoms with Gasteiger partial charge in [0.25, 0.3) is 5.91 Å². The maximum Gasteiger partial charge on any atom is 0.275 e. The smallest absolute Gasteiger partial charge is 0.275 e. The van der Waals surface area contributed by atoms with Gasteiger partial charge in [0, 0.05) is 19.2 Å². The van der Waals surface area contributed by atoms with Crippen LogP contribution in [0, 0.1) is 30.3 Å². The number of hydrogen-bond acceptors (Lipinski definition) is 2. The molecule has 6 heteroatoms. The van der Waals surface area contributed by atoms with Crippen molar-refractivity contribution in [3.8, 4) is 0 Å². The van der Waals surface area contributed by atoms with E-state index in [1.165, 1.54) is 11.0 Å². The van der Waals surface area contributed by atoms with Crippen LogP contribution in [-0.4, -0.2) is 28.9 Å². The average molecular weight is 334 g/mol. The van der Waals surface area contributed by atoms with Crippen LogP contribution in [0.3, 0.4) is 0 Å². The summed E-state index contributed by atoms with van der Waals surface area (Å²) in [5.74, 6) is -2.37. The number of aromatic nitrogens is 1. The van der Waals surface area contributed by atoms with E-state index in [0.29, 0.717) is 31.1 Å². The standard InChI is InChI=1S/C18H17F3N2O/c1-11-2-3-12(7-15(11)20)6-13-4-5-23(10-13)18(24)17-16(21)8-14(19)9-22-17/h2-3,7-9,13H,4-6,10H2,1H3. The second-order valence-corrected chi connectivity index (χ2v) is 6.18. The van der Waals surface area contributed by atoms with Gasteiger partial charge >= 0.3 is 0 Å². The number of nitrogens with zero attached hydrogens (tertiary/aromatic N) is 2. The molecule has 1 aromatic carbocycles. The lowest BCUT2D eigenvalue weighted by molar-refractivity contribution is 0.0776. The third kappa shape index (κ3) is 3.42. The lowest BCUT2D eigenvalue weighted by Gasteiger charge is -2.16. The van der Waals surface area contributed by atoms with Gasteiger partial charge in [-0.25, -0.2) is 18.2 Å². The summed E-state index contributed by atoms with van der Waals surface area (Å²) in [7, 11) is 0. The van der Waals surface area contributed by atoms with Gasteiger partial charge in [0.1, 0.15) is 11.6 Å². The van der Waals surface area contributed by atoms with Crippen LogP contribution < -0.4 is 0 Å². The van der Waals surface area contributed by atoms with E-state index in [0.717, 1.165) is 18.2 Å². The Hall–Kier alpha value is -2.37. The van der Waals surface area contributed by atoms with Crippen molar-refractivity contribution in [3.63, 3.8) is 0 Å². The molecule has 2 heterocycles. The first-order valence-corrected chi connectivity index (χ1v) is 7.79. The van der Waals surface area contributed by atoms with Crippen LogP contribution in [-0.2, 0) is 6.42 Å². The zero-order valence-electron chi connectivity index (χ0n) is 13.2. The average Bonchev–Trinajstić information content (AvgIpc) is 2.99. The highest BCUT2D eigenvalue weighted by Gasteiger charge is 2.29. The maximum absolute atomic E-state index is 13.7. The van der Waals surface area contributed by atoms with Crippen molar-refractivity contribution in [1.29, 1.82) is 0 Å². The molecule has 1 aromatic heterocycles. The summed E-state index contributed by atoms with van der Waals surface area (Å²) in [6.45, 7) is 2.64. The Morgan fingerprint density at radius 1 is 1.25 bits per heavy atom. The van der Waals surface area contributed by atoms with Gasteiger partial charge in [0.05, 0.1) is 6.20 Å². The largest absolute Gasteiger partial charge is 0.337 e. The van der Waals surface area contributed by atoms with Gasteiger partial charge in [0.15, 0.2) is 11.5 Å². The summed E-state index contributed by atoms with van der Waals surface area (Å²) >= 11 is 0. The van der Waals surface area contributed by atoms with Crippen LogP contribution in [0.5, 0.6) is 0 Å². The molecular formula is C18H17F3N2O. The minimum absolute atomic E-state index is 0.180. The van der Waals surface area contributed by atoms with E-state index in [9.17, 15) is 18.0 Å². The fourth-order valence-electron chi connectivity index (χ4n) is 3.00.